The van der Waals surface area contributed by atoms with Crippen LogP contribution in [0.25, 0.3) is 22.6 Å². The van der Waals surface area contributed by atoms with Gasteiger partial charge < -0.3 is 30.1 Å². The minimum absolute atomic E-state index is 0.211. The number of aryl methyl sites for hydroxylation is 2. The lowest BCUT2D eigenvalue weighted by molar-refractivity contribution is -0.137. The zero-order chi connectivity index (χ0) is 23.0. The Bertz CT molecular complexity index is 1230. The molecule has 5 N–H and O–H groups in total. The van der Waals surface area contributed by atoms with E-state index in [1.54, 1.807) is 12.1 Å². The Hall–Kier alpha value is -3.19. The van der Waals surface area contributed by atoms with Crippen molar-refractivity contribution in [2.75, 3.05) is 6.61 Å². The number of benzene rings is 1. The fraction of sp³-hybridized carbons (Fsp3) is 0.421. The molecule has 0 aliphatic carbocycles. The van der Waals surface area contributed by atoms with Crippen LogP contribution in [-0.4, -0.2) is 75.5 Å². The van der Waals surface area contributed by atoms with Crippen LogP contribution in [0, 0.1) is 13.8 Å². The molecule has 0 fully saturated rings. The highest BCUT2D eigenvalue weighted by Gasteiger charge is 2.28. The van der Waals surface area contributed by atoms with Gasteiger partial charge in [-0.1, -0.05) is 0 Å². The third-order valence-corrected chi connectivity index (χ3v) is 5.10. The summed E-state index contributed by atoms with van der Waals surface area (Å²) in [6.45, 7) is 1.56. The van der Waals surface area contributed by atoms with E-state index in [-0.39, 0.29) is 11.5 Å². The molecule has 0 aromatic heterocycles. The number of aliphatic carboxylic acids is 1. The molecular weight excluding hydrogens is 412 g/mol. The molecule has 2 heterocycles. The first kappa shape index (κ1) is 22.5. The van der Waals surface area contributed by atoms with Gasteiger partial charge >= 0.3 is 11.7 Å². The summed E-state index contributed by atoms with van der Waals surface area (Å²) in [7, 11) is 0. The van der Waals surface area contributed by atoms with Crippen molar-refractivity contribution >= 4 is 17.0 Å². The second kappa shape index (κ2) is 8.51. The van der Waals surface area contributed by atoms with Gasteiger partial charge in [-0.05, 0) is 37.1 Å². The van der Waals surface area contributed by atoms with Crippen molar-refractivity contribution in [3.05, 3.63) is 44.1 Å². The molecule has 0 spiro atoms. The Balaban J connectivity index is 2.33. The Morgan fingerprint density at radius 2 is 1.68 bits per heavy atom. The number of hydrogen-bond acceptors (Lipinski definition) is 9. The van der Waals surface area contributed by atoms with Crippen LogP contribution in [0.4, 0.5) is 0 Å². The van der Waals surface area contributed by atoms with E-state index >= 15 is 0 Å². The lowest BCUT2D eigenvalue weighted by atomic mass is 10.1. The maximum absolute atomic E-state index is 12.8. The van der Waals surface area contributed by atoms with Crippen LogP contribution >= 0.6 is 0 Å². The van der Waals surface area contributed by atoms with Crippen molar-refractivity contribution in [1.29, 1.82) is 0 Å². The smallest absolute Gasteiger partial charge is 0.353 e. The summed E-state index contributed by atoms with van der Waals surface area (Å²) in [5, 5.41) is 48.1. The summed E-state index contributed by atoms with van der Waals surface area (Å²) in [6.07, 6.45) is -4.93. The van der Waals surface area contributed by atoms with Gasteiger partial charge in [-0.25, -0.2) is 14.3 Å². The summed E-state index contributed by atoms with van der Waals surface area (Å²) in [4.78, 5) is 44.2. The number of carboxylic acid groups (broad SMARTS) is 1. The van der Waals surface area contributed by atoms with Gasteiger partial charge in [-0.3, -0.25) is 9.59 Å². The molecule has 0 saturated carbocycles. The fourth-order valence-electron chi connectivity index (χ4n) is 3.25. The molecule has 0 unspecified atom stereocenters. The average Bonchev–Trinajstić information content (AvgIpc) is 2.71. The van der Waals surface area contributed by atoms with E-state index < -0.39 is 55.2 Å². The van der Waals surface area contributed by atoms with Gasteiger partial charge in [0.1, 0.15) is 24.9 Å². The molecule has 1 aromatic carbocycles. The third kappa shape index (κ3) is 4.18. The number of hydrogen-bond donors (Lipinski definition) is 5. The maximum Gasteiger partial charge on any atom is 0.353 e. The molecule has 12 nitrogen and oxygen atoms in total. The van der Waals surface area contributed by atoms with Crippen LogP contribution in [0.15, 0.2) is 21.7 Å². The Morgan fingerprint density at radius 3 is 2.29 bits per heavy atom. The summed E-state index contributed by atoms with van der Waals surface area (Å²) in [5.74, 6) is -1.62. The van der Waals surface area contributed by atoms with Crippen LogP contribution in [0.5, 0.6) is 0 Å². The topological polar surface area (TPSA) is 188 Å². The van der Waals surface area contributed by atoms with E-state index in [0.717, 1.165) is 11.1 Å². The van der Waals surface area contributed by atoms with Gasteiger partial charge in [0.05, 0.1) is 24.2 Å². The molecule has 1 aromatic rings. The second-order valence-electron chi connectivity index (χ2n) is 7.31. The molecule has 2 aliphatic rings. The molecule has 31 heavy (non-hydrogen) atoms. The minimum atomic E-state index is -1.72. The van der Waals surface area contributed by atoms with Crippen LogP contribution in [-0.2, 0) is 17.9 Å². The van der Waals surface area contributed by atoms with Crippen molar-refractivity contribution < 1.29 is 30.3 Å². The van der Waals surface area contributed by atoms with E-state index in [0.29, 0.717) is 15.6 Å². The quantitative estimate of drug-likeness (QED) is 0.256. The molecular formula is C19H22N4O8. The molecule has 3 rings (SSSR count). The van der Waals surface area contributed by atoms with Gasteiger partial charge in [-0.15, -0.1) is 0 Å². The number of fused-ring (bicyclic) bond motifs is 2. The highest BCUT2D eigenvalue weighted by molar-refractivity contribution is 5.81. The van der Waals surface area contributed by atoms with E-state index in [1.165, 1.54) is 4.57 Å². The third-order valence-electron chi connectivity index (χ3n) is 5.10. The first-order valence-electron chi connectivity index (χ1n) is 9.34. The van der Waals surface area contributed by atoms with Crippen molar-refractivity contribution in [1.82, 2.24) is 19.1 Å². The summed E-state index contributed by atoms with van der Waals surface area (Å²) in [5.41, 5.74) is 0.0414. The van der Waals surface area contributed by atoms with Gasteiger partial charge in [0.2, 0.25) is 0 Å². The van der Waals surface area contributed by atoms with Crippen LogP contribution in [0.2, 0.25) is 0 Å². The van der Waals surface area contributed by atoms with Crippen molar-refractivity contribution in [3.8, 4) is 11.5 Å². The molecule has 12 heteroatoms. The number of carboxylic acids is 1. The molecule has 0 radical (unpaired) electrons. The molecule has 0 saturated heterocycles. The Labute approximate surface area is 174 Å². The number of aromatic nitrogens is 4. The van der Waals surface area contributed by atoms with Gasteiger partial charge in [0.15, 0.2) is 11.5 Å². The van der Waals surface area contributed by atoms with Crippen molar-refractivity contribution in [3.63, 3.8) is 0 Å². The van der Waals surface area contributed by atoms with Gasteiger partial charge in [-0.2, -0.15) is 4.98 Å². The Morgan fingerprint density at radius 1 is 1.03 bits per heavy atom. The average molecular weight is 434 g/mol. The maximum atomic E-state index is 12.8. The van der Waals surface area contributed by atoms with Gasteiger partial charge in [0.25, 0.3) is 5.56 Å². The lowest BCUT2D eigenvalue weighted by Crippen LogP contribution is -2.43. The molecule has 0 bridgehead atoms. The monoisotopic (exact) mass is 434 g/mol. The largest absolute Gasteiger partial charge is 0.480 e. The van der Waals surface area contributed by atoms with Crippen LogP contribution in [0.1, 0.15) is 11.1 Å². The summed E-state index contributed by atoms with van der Waals surface area (Å²) in [6, 6.07) is 3.38. The normalized spacial score (nSPS) is 14.6. The first-order valence-corrected chi connectivity index (χ1v) is 9.34. The highest BCUT2D eigenvalue weighted by Crippen LogP contribution is 2.24. The van der Waals surface area contributed by atoms with E-state index in [4.69, 9.17) is 10.2 Å². The SMILES string of the molecule is Cc1cc2nc3c(=O)n(CC(=O)O)c(=O)nc-3n(C[C@H](O)[C@H](O)[C@H](O)CO)c2cc1C. The molecule has 2 aliphatic heterocycles. The first-order chi connectivity index (χ1) is 14.5. The number of aliphatic hydroxyl groups excluding tert-OH is 4. The Kier molecular flexibility index (Phi) is 6.18. The van der Waals surface area contributed by atoms with E-state index in [9.17, 15) is 29.7 Å². The predicted octanol–water partition coefficient (Wildman–Crippen LogP) is -2.17. The number of carbonyl (C=O) groups is 1. The number of nitrogens with zero attached hydrogens (tertiary/aromatic N) is 4. The zero-order valence-corrected chi connectivity index (χ0v) is 16.8. The fourth-order valence-corrected chi connectivity index (χ4v) is 3.25. The number of aliphatic hydroxyl groups is 4. The molecule has 166 valence electrons. The van der Waals surface area contributed by atoms with Crippen LogP contribution in [0.3, 0.4) is 0 Å². The zero-order valence-electron chi connectivity index (χ0n) is 16.8. The van der Waals surface area contributed by atoms with Crippen molar-refractivity contribution in [2.24, 2.45) is 0 Å². The molecule has 0 amide bonds. The van der Waals surface area contributed by atoms with Crippen LogP contribution < -0.4 is 11.2 Å². The highest BCUT2D eigenvalue weighted by atomic mass is 16.4. The molecule has 3 atom stereocenters. The lowest BCUT2D eigenvalue weighted by Gasteiger charge is -2.25. The standard InChI is InChI=1S/C19H22N4O8/c1-8-3-10-11(4-9(8)2)22(5-12(25)16(29)13(26)7-24)17-15(20-10)18(30)23(6-14(27)28)19(31)21-17/h3-4,12-13,16,24-26,29H,5-7H2,1-2H3,(H,27,28)/t12-,13+,16-/m0/s1. The van der Waals surface area contributed by atoms with E-state index in [2.05, 4.69) is 9.97 Å². The van der Waals surface area contributed by atoms with Crippen molar-refractivity contribution in [2.45, 2.75) is 45.2 Å². The minimum Gasteiger partial charge on any atom is -0.480 e. The number of rotatable bonds is 7. The summed E-state index contributed by atoms with van der Waals surface area (Å²) < 4.78 is 1.74. The summed E-state index contributed by atoms with van der Waals surface area (Å²) >= 11 is 0. The second-order valence-corrected chi connectivity index (χ2v) is 7.31. The predicted molar refractivity (Wildman–Crippen MR) is 107 cm³/mol. The van der Waals surface area contributed by atoms with Gasteiger partial charge in [0, 0.05) is 0 Å². The van der Waals surface area contributed by atoms with E-state index in [1.807, 2.05) is 13.8 Å².